The first kappa shape index (κ1) is 31.2. The number of unbranched alkanes of at least 4 members (excludes halogenated alkanes) is 1. The number of piperidine rings is 1. The van der Waals surface area contributed by atoms with Crippen LogP contribution in [0.4, 0.5) is 0 Å². The van der Waals surface area contributed by atoms with Crippen LogP contribution >= 0.6 is 11.6 Å². The summed E-state index contributed by atoms with van der Waals surface area (Å²) < 4.78 is 10.1. The molecule has 2 rings (SSSR count). The minimum Gasteiger partial charge on any atom is -1.00 e. The molecule has 0 aromatic heterocycles. The second-order valence-corrected chi connectivity index (χ2v) is 7.83. The summed E-state index contributed by atoms with van der Waals surface area (Å²) in [6.07, 6.45) is 7.45. The van der Waals surface area contributed by atoms with Crippen molar-refractivity contribution in [2.45, 2.75) is 57.6 Å². The molecule has 9 heteroatoms. The summed E-state index contributed by atoms with van der Waals surface area (Å²) in [6.45, 7) is 3.17. The normalized spacial score (nSPS) is 16.9. The van der Waals surface area contributed by atoms with Crippen LogP contribution in [0, 0.1) is 0 Å². The van der Waals surface area contributed by atoms with Crippen LogP contribution < -0.4 is 29.6 Å². The summed E-state index contributed by atoms with van der Waals surface area (Å²) in [5.41, 5.74) is 0.971. The van der Waals surface area contributed by atoms with E-state index in [2.05, 4.69) is 0 Å². The van der Waals surface area contributed by atoms with Crippen LogP contribution in [0.3, 0.4) is 0 Å². The van der Waals surface area contributed by atoms with Gasteiger partial charge in [0.1, 0.15) is 6.61 Å². The molecule has 1 fully saturated rings. The molecular weight excluding hydrogens is 440 g/mol. The Labute approximate surface area is 220 Å². The Kier molecular flexibility index (Phi) is 17.2. The molecule has 0 spiro atoms. The molecule has 1 aliphatic heterocycles. The molecule has 2 atom stereocenters. The van der Waals surface area contributed by atoms with E-state index in [1.54, 1.807) is 19.1 Å². The molecule has 1 aromatic rings. The number of aliphatic hydroxyl groups excluding tert-OH is 1. The molecule has 170 valence electrons. The summed E-state index contributed by atoms with van der Waals surface area (Å²) >= 11 is 6.00. The number of esters is 1. The van der Waals surface area contributed by atoms with Crippen molar-refractivity contribution in [3.63, 3.8) is 0 Å². The monoisotopic (exact) mass is 471 g/mol. The fourth-order valence-corrected chi connectivity index (χ4v) is 3.72. The Hall–Kier alpha value is -0.825. The number of rotatable bonds is 12. The molecule has 0 saturated carbocycles. The van der Waals surface area contributed by atoms with Gasteiger partial charge in [-0.15, -0.1) is 0 Å². The first-order valence-corrected chi connectivity index (χ1v) is 11.0. The Morgan fingerprint density at radius 3 is 2.88 bits per heavy atom. The van der Waals surface area contributed by atoms with Crippen molar-refractivity contribution in [3.05, 3.63) is 47.0 Å². The average molecular weight is 472 g/mol. The van der Waals surface area contributed by atoms with E-state index in [4.69, 9.17) is 21.1 Å². The number of hydrogen-bond donors (Lipinski definition) is 1. The van der Waals surface area contributed by atoms with Gasteiger partial charge in [0.05, 0.1) is 18.8 Å². The Morgan fingerprint density at radius 2 is 2.16 bits per heavy atom. The maximum Gasteiger partial charge on any atom is 1.00 e. The predicted molar refractivity (Wildman–Crippen MR) is 122 cm³/mol. The van der Waals surface area contributed by atoms with Gasteiger partial charge in [0, 0.05) is 31.0 Å². The summed E-state index contributed by atoms with van der Waals surface area (Å²) in [5.74, 6) is -0.210. The fraction of sp³-hybridized carbons (Fsp3) is 0.565. The van der Waals surface area contributed by atoms with E-state index in [9.17, 15) is 14.7 Å². The largest absolute Gasteiger partial charge is 1.00 e. The topological polar surface area (TPSA) is 76.1 Å². The molecular formula is C23H32BClNNaO5. The maximum atomic E-state index is 12.4. The van der Waals surface area contributed by atoms with Crippen LogP contribution in [-0.4, -0.2) is 68.8 Å². The van der Waals surface area contributed by atoms with Crippen molar-refractivity contribution in [2.75, 3.05) is 26.4 Å². The Morgan fingerprint density at radius 1 is 1.38 bits per heavy atom. The summed E-state index contributed by atoms with van der Waals surface area (Å²) in [7, 11) is 0. The number of likely N-dealkylation sites (tertiary alicyclic amines) is 1. The van der Waals surface area contributed by atoms with E-state index in [1.807, 2.05) is 29.2 Å². The zero-order valence-corrected chi connectivity index (χ0v) is 21.9. The number of hydrogen-bond acceptors (Lipinski definition) is 5. The number of benzene rings is 1. The Bertz CT molecular complexity index is 721. The first-order valence-electron chi connectivity index (χ1n) is 10.6. The number of carbonyl (C=O) groups is 2. The van der Waals surface area contributed by atoms with Gasteiger partial charge in [0.25, 0.3) is 0 Å². The van der Waals surface area contributed by atoms with Gasteiger partial charge in [0.15, 0.2) is 0 Å². The third kappa shape index (κ3) is 11.9. The zero-order valence-electron chi connectivity index (χ0n) is 19.2. The van der Waals surface area contributed by atoms with Gasteiger partial charge in [0.2, 0.25) is 5.91 Å². The predicted octanol–water partition coefficient (Wildman–Crippen LogP) is 0.164. The van der Waals surface area contributed by atoms with Crippen molar-refractivity contribution in [3.8, 4) is 0 Å². The minimum absolute atomic E-state index is 0. The van der Waals surface area contributed by atoms with Gasteiger partial charge in [-0.25, -0.2) is 4.79 Å². The molecule has 1 unspecified atom stereocenters. The van der Waals surface area contributed by atoms with E-state index in [-0.39, 0.29) is 62.5 Å². The molecule has 4 radical (unpaired) electrons. The number of halogens is 1. The number of nitrogens with zero attached hydrogens (tertiary/aromatic N) is 1. The third-order valence-electron chi connectivity index (χ3n) is 4.96. The van der Waals surface area contributed by atoms with Gasteiger partial charge in [-0.3, -0.25) is 4.79 Å². The van der Waals surface area contributed by atoms with E-state index in [0.29, 0.717) is 37.6 Å². The molecule has 32 heavy (non-hydrogen) atoms. The molecule has 1 saturated heterocycles. The standard InChI is InChI=1S/C23H32ClNO5.B.Na/c1-2-30-23(28)17-29-14-4-3-13-25-20(9-6-10-22(25)27)11-12-21(26)16-18-7-5-8-19(24)15-18;;/h5,7-8,11-12,15,20-21,26H,2-4,6,9-10,13-14,16-17H2,1H3;;/q;-1;+1/t20-,21?;;/m1../s1. The summed E-state index contributed by atoms with van der Waals surface area (Å²) in [5, 5.41) is 11.0. The first-order chi connectivity index (χ1) is 14.5. The third-order valence-corrected chi connectivity index (χ3v) is 5.20. The number of carbonyl (C=O) groups excluding carboxylic acids is 2. The van der Waals surface area contributed by atoms with Gasteiger partial charge < -0.3 is 27.9 Å². The summed E-state index contributed by atoms with van der Waals surface area (Å²) in [6, 6.07) is 7.45. The molecule has 1 aromatic carbocycles. The smallest absolute Gasteiger partial charge is 1.00 e. The quantitative estimate of drug-likeness (QED) is 0.203. The van der Waals surface area contributed by atoms with Crippen LogP contribution in [0.15, 0.2) is 36.4 Å². The molecule has 0 aliphatic carbocycles. The number of ether oxygens (including phenoxy) is 2. The fourth-order valence-electron chi connectivity index (χ4n) is 3.51. The summed E-state index contributed by atoms with van der Waals surface area (Å²) in [4.78, 5) is 25.5. The van der Waals surface area contributed by atoms with E-state index >= 15 is 0 Å². The van der Waals surface area contributed by atoms with Gasteiger partial charge >= 0.3 is 35.5 Å². The molecule has 1 heterocycles. The minimum atomic E-state index is -0.626. The molecule has 1 N–H and O–H groups in total. The van der Waals surface area contributed by atoms with Gasteiger partial charge in [-0.1, -0.05) is 35.9 Å². The number of aliphatic hydroxyl groups is 1. The number of amides is 1. The maximum absolute atomic E-state index is 12.4. The SMILES string of the molecule is CCOC(=O)COCCCCN1C(=O)CCC[C@@H]1C=CC(O)Cc1cccc(Cl)c1.[B-].[Na+]. The van der Waals surface area contributed by atoms with Gasteiger partial charge in [-0.05, 0) is 50.3 Å². The van der Waals surface area contributed by atoms with Crippen molar-refractivity contribution in [1.82, 2.24) is 4.90 Å². The van der Waals surface area contributed by atoms with E-state index in [1.165, 1.54) is 0 Å². The molecule has 6 nitrogen and oxygen atoms in total. The van der Waals surface area contributed by atoms with Gasteiger partial charge in [-0.2, -0.15) is 0 Å². The molecule has 1 amide bonds. The molecule has 1 aliphatic rings. The van der Waals surface area contributed by atoms with E-state index < -0.39 is 6.10 Å². The van der Waals surface area contributed by atoms with Crippen LogP contribution in [0.1, 0.15) is 44.6 Å². The van der Waals surface area contributed by atoms with Crippen LogP contribution in [0.25, 0.3) is 0 Å². The second-order valence-electron chi connectivity index (χ2n) is 7.40. The zero-order chi connectivity index (χ0) is 21.8. The van der Waals surface area contributed by atoms with Crippen molar-refractivity contribution >= 4 is 31.9 Å². The van der Waals surface area contributed by atoms with E-state index in [0.717, 1.165) is 31.2 Å². The Balaban J connectivity index is 0.00000480. The van der Waals surface area contributed by atoms with Crippen molar-refractivity contribution in [2.24, 2.45) is 0 Å². The average Bonchev–Trinajstić information content (AvgIpc) is 2.70. The van der Waals surface area contributed by atoms with Crippen LogP contribution in [0.5, 0.6) is 0 Å². The molecule has 0 bridgehead atoms. The van der Waals surface area contributed by atoms with Crippen molar-refractivity contribution in [1.29, 1.82) is 0 Å². The van der Waals surface area contributed by atoms with Crippen molar-refractivity contribution < 1.29 is 53.7 Å². The van der Waals surface area contributed by atoms with Crippen LogP contribution in [-0.2, 0) is 25.5 Å². The second kappa shape index (κ2) is 17.6. The van der Waals surface area contributed by atoms with Crippen LogP contribution in [0.2, 0.25) is 5.02 Å².